The van der Waals surface area contributed by atoms with E-state index >= 15 is 0 Å². The third-order valence-corrected chi connectivity index (χ3v) is 10.0. The van der Waals surface area contributed by atoms with Gasteiger partial charge in [0.1, 0.15) is 11.0 Å². The smallest absolute Gasteiger partial charge is 0.235 e. The van der Waals surface area contributed by atoms with Crippen molar-refractivity contribution in [2.75, 3.05) is 0 Å². The number of para-hydroxylation sites is 3. The molecule has 50 heavy (non-hydrogen) atoms. The predicted octanol–water partition coefficient (Wildman–Crippen LogP) is 10.6. The van der Waals surface area contributed by atoms with E-state index in [4.69, 9.17) is 19.9 Å². The van der Waals surface area contributed by atoms with Crippen molar-refractivity contribution in [1.82, 2.24) is 29.1 Å². The molecule has 7 aromatic carbocycles. The number of nitrogens with zero attached hydrogens (tertiary/aromatic N) is 6. The molecule has 6 nitrogen and oxygen atoms in total. The largest absolute Gasteiger partial charge is 0.309 e. The maximum atomic E-state index is 5.38. The lowest BCUT2D eigenvalue weighted by atomic mass is 10.0. The van der Waals surface area contributed by atoms with Crippen LogP contribution in [0.25, 0.3) is 99.2 Å². The average Bonchev–Trinajstić information content (AvgIpc) is 3.69. The van der Waals surface area contributed by atoms with Gasteiger partial charge in [-0.25, -0.2) is 19.9 Å². The van der Waals surface area contributed by atoms with E-state index < -0.39 is 0 Å². The first-order valence-electron chi connectivity index (χ1n) is 16.7. The van der Waals surface area contributed by atoms with Crippen molar-refractivity contribution in [2.24, 2.45) is 0 Å². The van der Waals surface area contributed by atoms with Crippen LogP contribution < -0.4 is 0 Å². The molecule has 0 saturated heterocycles. The van der Waals surface area contributed by atoms with Crippen LogP contribution in [0.5, 0.6) is 0 Å². The van der Waals surface area contributed by atoms with Crippen LogP contribution in [0, 0.1) is 0 Å². The first-order chi connectivity index (χ1) is 24.8. The van der Waals surface area contributed by atoms with Crippen LogP contribution >= 0.6 is 0 Å². The maximum absolute atomic E-state index is 5.38. The van der Waals surface area contributed by atoms with Crippen LogP contribution in [0.2, 0.25) is 0 Å². The minimum absolute atomic E-state index is 0.603. The van der Waals surface area contributed by atoms with E-state index in [1.165, 1.54) is 16.3 Å². The number of hydrogen-bond donors (Lipinski definition) is 0. The molecule has 4 heterocycles. The predicted molar refractivity (Wildman–Crippen MR) is 204 cm³/mol. The monoisotopic (exact) mass is 638 g/mol. The Kier molecular flexibility index (Phi) is 5.57. The molecule has 0 atom stereocenters. The molecule has 0 aliphatic heterocycles. The number of benzene rings is 7. The highest BCUT2D eigenvalue weighted by atomic mass is 15.2. The molecular formula is C44H26N6. The van der Waals surface area contributed by atoms with Crippen molar-refractivity contribution in [1.29, 1.82) is 0 Å². The standard InChI is InChI=1S/C44H26N6/c1-3-13-27(14-4-1)43-45-25-35-29-17-7-8-18-30(29)36-26-46-44(48-42(36)41(35)47-43)50-38-22-12-10-20-32(38)34-23-39-33(24-40(34)50)31-19-9-11-21-37(31)49(39)28-15-5-2-6-16-28/h1-26H. The Morgan fingerprint density at radius 1 is 0.360 bits per heavy atom. The van der Waals surface area contributed by atoms with Gasteiger partial charge in [-0.3, -0.25) is 4.57 Å². The third-order valence-electron chi connectivity index (χ3n) is 10.0. The van der Waals surface area contributed by atoms with Crippen LogP contribution in [0.15, 0.2) is 158 Å². The number of aromatic nitrogens is 6. The van der Waals surface area contributed by atoms with Crippen molar-refractivity contribution in [3.63, 3.8) is 0 Å². The molecule has 0 amide bonds. The van der Waals surface area contributed by atoms with Crippen LogP contribution in [-0.4, -0.2) is 29.1 Å². The molecule has 0 N–H and O–H groups in total. The van der Waals surface area contributed by atoms with Crippen LogP contribution in [-0.2, 0) is 0 Å². The quantitative estimate of drug-likeness (QED) is 0.181. The molecule has 4 aromatic heterocycles. The molecular weight excluding hydrogens is 613 g/mol. The summed E-state index contributed by atoms with van der Waals surface area (Å²) in [6.07, 6.45) is 3.90. The summed E-state index contributed by atoms with van der Waals surface area (Å²) in [5.41, 5.74) is 8.15. The van der Waals surface area contributed by atoms with E-state index in [2.05, 4.69) is 124 Å². The second-order valence-electron chi connectivity index (χ2n) is 12.7. The molecule has 0 fully saturated rings. The summed E-state index contributed by atoms with van der Waals surface area (Å²) in [7, 11) is 0. The summed E-state index contributed by atoms with van der Waals surface area (Å²) in [5, 5.41) is 8.77. The first-order valence-corrected chi connectivity index (χ1v) is 16.7. The molecule has 0 bridgehead atoms. The van der Waals surface area contributed by atoms with Gasteiger partial charge < -0.3 is 4.57 Å². The van der Waals surface area contributed by atoms with Gasteiger partial charge in [0.2, 0.25) is 5.95 Å². The summed E-state index contributed by atoms with van der Waals surface area (Å²) in [6, 6.07) is 50.9. The lowest BCUT2D eigenvalue weighted by Gasteiger charge is -2.12. The molecule has 232 valence electrons. The zero-order valence-corrected chi connectivity index (χ0v) is 26.7. The van der Waals surface area contributed by atoms with Gasteiger partial charge >= 0.3 is 0 Å². The number of hydrogen-bond acceptors (Lipinski definition) is 4. The number of fused-ring (bicyclic) bond motifs is 12. The van der Waals surface area contributed by atoms with E-state index in [-0.39, 0.29) is 0 Å². The first kappa shape index (κ1) is 27.1. The van der Waals surface area contributed by atoms with Gasteiger partial charge in [-0.2, -0.15) is 0 Å². The Morgan fingerprint density at radius 2 is 0.860 bits per heavy atom. The minimum Gasteiger partial charge on any atom is -0.309 e. The topological polar surface area (TPSA) is 61.4 Å². The highest BCUT2D eigenvalue weighted by Crippen LogP contribution is 2.40. The molecule has 11 rings (SSSR count). The SMILES string of the molecule is c1ccc(-c2ncc3c4ccccc4c4cnc(-n5c6ccccc6c6cc7c(cc65)c5ccccc5n7-c5ccccc5)nc4c3n2)cc1. The summed E-state index contributed by atoms with van der Waals surface area (Å²) in [4.78, 5) is 20.4. The van der Waals surface area contributed by atoms with Crippen molar-refractivity contribution in [3.05, 3.63) is 158 Å². The van der Waals surface area contributed by atoms with Crippen molar-refractivity contribution in [3.8, 4) is 23.0 Å². The summed E-state index contributed by atoms with van der Waals surface area (Å²) < 4.78 is 4.57. The minimum atomic E-state index is 0.603. The summed E-state index contributed by atoms with van der Waals surface area (Å²) in [6.45, 7) is 0. The fourth-order valence-electron chi connectivity index (χ4n) is 7.80. The molecule has 6 heteroatoms. The van der Waals surface area contributed by atoms with Crippen LogP contribution in [0.1, 0.15) is 0 Å². The highest BCUT2D eigenvalue weighted by molar-refractivity contribution is 6.23. The molecule has 0 aliphatic rings. The van der Waals surface area contributed by atoms with Gasteiger partial charge in [0, 0.05) is 56.0 Å². The van der Waals surface area contributed by atoms with Gasteiger partial charge in [0.15, 0.2) is 5.82 Å². The van der Waals surface area contributed by atoms with Gasteiger partial charge in [-0.1, -0.05) is 109 Å². The van der Waals surface area contributed by atoms with Crippen LogP contribution in [0.4, 0.5) is 0 Å². The fraction of sp³-hybridized carbons (Fsp3) is 0. The van der Waals surface area contributed by atoms with E-state index in [1.54, 1.807) is 0 Å². The van der Waals surface area contributed by atoms with Crippen molar-refractivity contribution in [2.45, 2.75) is 0 Å². The van der Waals surface area contributed by atoms with E-state index in [0.29, 0.717) is 11.8 Å². The van der Waals surface area contributed by atoms with Crippen LogP contribution in [0.3, 0.4) is 0 Å². The number of rotatable bonds is 3. The Balaban J connectivity index is 1.25. The summed E-state index contributed by atoms with van der Waals surface area (Å²) >= 11 is 0. The molecule has 0 unspecified atom stereocenters. The third kappa shape index (κ3) is 3.78. The molecule has 0 spiro atoms. The maximum Gasteiger partial charge on any atom is 0.235 e. The molecule has 0 aliphatic carbocycles. The van der Waals surface area contributed by atoms with E-state index in [1.807, 2.05) is 42.7 Å². The average molecular weight is 639 g/mol. The van der Waals surface area contributed by atoms with E-state index in [9.17, 15) is 0 Å². The van der Waals surface area contributed by atoms with Gasteiger partial charge in [0.25, 0.3) is 0 Å². The summed E-state index contributed by atoms with van der Waals surface area (Å²) in [5.74, 6) is 1.27. The highest BCUT2D eigenvalue weighted by Gasteiger charge is 2.21. The second kappa shape index (κ2) is 10.3. The van der Waals surface area contributed by atoms with Gasteiger partial charge in [-0.15, -0.1) is 0 Å². The lowest BCUT2D eigenvalue weighted by molar-refractivity contribution is 1.01. The van der Waals surface area contributed by atoms with E-state index in [0.717, 1.165) is 71.2 Å². The van der Waals surface area contributed by atoms with Crippen molar-refractivity contribution >= 4 is 76.2 Å². The Hall–Kier alpha value is -6.92. The Bertz CT molecular complexity index is 3140. The zero-order chi connectivity index (χ0) is 32.8. The zero-order valence-electron chi connectivity index (χ0n) is 26.7. The molecule has 0 saturated carbocycles. The van der Waals surface area contributed by atoms with Gasteiger partial charge in [-0.05, 0) is 47.2 Å². The Morgan fingerprint density at radius 3 is 1.52 bits per heavy atom. The molecule has 0 radical (unpaired) electrons. The van der Waals surface area contributed by atoms with Gasteiger partial charge in [0.05, 0.1) is 22.1 Å². The lowest BCUT2D eigenvalue weighted by Crippen LogP contribution is -2.02. The Labute approximate surface area is 285 Å². The normalized spacial score (nSPS) is 12.0. The fourth-order valence-corrected chi connectivity index (χ4v) is 7.80. The van der Waals surface area contributed by atoms with Crippen molar-refractivity contribution < 1.29 is 0 Å². The second-order valence-corrected chi connectivity index (χ2v) is 12.7. The molecule has 11 aromatic rings.